The first kappa shape index (κ1) is 35.1. The Hall–Kier alpha value is -7.36. The van der Waals surface area contributed by atoms with Gasteiger partial charge in [-0.25, -0.2) is 0 Å². The fraction of sp³-hybridized carbons (Fsp3) is 0.0577. The zero-order valence-corrected chi connectivity index (χ0v) is 31.6. The highest BCUT2D eigenvalue weighted by molar-refractivity contribution is 6.13. The second-order valence-corrected chi connectivity index (χ2v) is 15.0. The van der Waals surface area contributed by atoms with Crippen molar-refractivity contribution in [2.45, 2.75) is 20.0 Å². The number of hydrogen-bond acceptors (Lipinski definition) is 1. The van der Waals surface area contributed by atoms with Crippen LogP contribution in [0.4, 0.5) is 13.2 Å². The monoisotopic (exact) mass is 757 g/mol. The fourth-order valence-corrected chi connectivity index (χ4v) is 8.64. The van der Waals surface area contributed by atoms with Crippen LogP contribution in [0.25, 0.3) is 88.4 Å². The van der Waals surface area contributed by atoms with Gasteiger partial charge in [-0.1, -0.05) is 120 Å². The van der Waals surface area contributed by atoms with Crippen molar-refractivity contribution in [2.24, 2.45) is 0 Å². The summed E-state index contributed by atoms with van der Waals surface area (Å²) >= 11 is 0. The Labute approximate surface area is 333 Å². The summed E-state index contributed by atoms with van der Waals surface area (Å²) in [7, 11) is 0. The Bertz CT molecular complexity index is 3140. The lowest BCUT2D eigenvalue weighted by Crippen LogP contribution is -2.11. The van der Waals surface area contributed by atoms with Gasteiger partial charge in [0.25, 0.3) is 0 Å². The molecule has 3 nitrogen and oxygen atoms in total. The number of benzene rings is 8. The minimum atomic E-state index is -4.68. The molecule has 0 N–H and O–H groups in total. The molecular weight excluding hydrogens is 724 g/mol. The number of nitrogens with zero attached hydrogens (tertiary/aromatic N) is 3. The van der Waals surface area contributed by atoms with E-state index in [4.69, 9.17) is 0 Å². The third-order valence-corrected chi connectivity index (χ3v) is 11.2. The maximum Gasteiger partial charge on any atom is 0.416 e. The summed E-state index contributed by atoms with van der Waals surface area (Å²) in [5, 5.41) is 13.8. The predicted molar refractivity (Wildman–Crippen MR) is 231 cm³/mol. The summed E-state index contributed by atoms with van der Waals surface area (Å²) in [4.78, 5) is 0. The van der Waals surface area contributed by atoms with Gasteiger partial charge in [0.05, 0.1) is 50.6 Å². The van der Waals surface area contributed by atoms with E-state index in [1.165, 1.54) is 12.1 Å². The summed E-state index contributed by atoms with van der Waals surface area (Å²) in [5.74, 6) is 0. The van der Waals surface area contributed by atoms with Crippen molar-refractivity contribution in [3.05, 3.63) is 192 Å². The van der Waals surface area contributed by atoms with Crippen molar-refractivity contribution in [2.75, 3.05) is 0 Å². The van der Waals surface area contributed by atoms with Gasteiger partial charge in [0.15, 0.2) is 0 Å². The molecule has 0 atom stereocenters. The lowest BCUT2D eigenvalue weighted by atomic mass is 9.96. The Morgan fingerprint density at radius 3 is 1.36 bits per heavy atom. The van der Waals surface area contributed by atoms with E-state index in [1.54, 1.807) is 18.2 Å². The van der Waals surface area contributed by atoms with Crippen molar-refractivity contribution in [3.63, 3.8) is 0 Å². The van der Waals surface area contributed by atoms with Crippen molar-refractivity contribution >= 4 is 43.6 Å². The normalized spacial score (nSPS) is 11.9. The number of alkyl halides is 3. The van der Waals surface area contributed by atoms with Crippen LogP contribution in [-0.4, -0.2) is 9.13 Å². The van der Waals surface area contributed by atoms with E-state index >= 15 is 13.2 Å². The molecule has 10 aromatic rings. The van der Waals surface area contributed by atoms with Crippen LogP contribution in [0.2, 0.25) is 0 Å². The van der Waals surface area contributed by atoms with Crippen molar-refractivity contribution in [1.82, 2.24) is 9.13 Å². The van der Waals surface area contributed by atoms with E-state index in [0.717, 1.165) is 77.0 Å². The smallest absolute Gasteiger partial charge is 0.309 e. The van der Waals surface area contributed by atoms with Crippen LogP contribution in [0.3, 0.4) is 0 Å². The van der Waals surface area contributed by atoms with Gasteiger partial charge < -0.3 is 9.13 Å². The highest BCUT2D eigenvalue weighted by atomic mass is 19.4. The average molecular weight is 758 g/mol. The molecule has 2 heterocycles. The molecular formula is C52H34F3N3. The van der Waals surface area contributed by atoms with E-state index in [9.17, 15) is 5.26 Å². The number of nitriles is 1. The quantitative estimate of drug-likeness (QED) is 0.172. The number of aromatic nitrogens is 2. The molecule has 0 saturated carbocycles. The first-order chi connectivity index (χ1) is 28.2. The molecule has 58 heavy (non-hydrogen) atoms. The molecule has 0 aliphatic heterocycles. The molecule has 8 aromatic carbocycles. The van der Waals surface area contributed by atoms with Crippen LogP contribution in [0.15, 0.2) is 170 Å². The molecule has 0 radical (unpaired) electrons. The van der Waals surface area contributed by atoms with Crippen LogP contribution >= 0.6 is 0 Å². The molecule has 0 fully saturated rings. The van der Waals surface area contributed by atoms with Crippen LogP contribution in [-0.2, 0) is 6.18 Å². The van der Waals surface area contributed by atoms with Crippen LogP contribution in [0.5, 0.6) is 0 Å². The number of para-hydroxylation sites is 2. The number of halogens is 3. The van der Waals surface area contributed by atoms with Gasteiger partial charge in [0.1, 0.15) is 0 Å². The highest BCUT2D eigenvalue weighted by Gasteiger charge is 2.34. The Morgan fingerprint density at radius 2 is 0.879 bits per heavy atom. The minimum absolute atomic E-state index is 0.358. The summed E-state index contributed by atoms with van der Waals surface area (Å²) in [6.45, 7) is 4.12. The summed E-state index contributed by atoms with van der Waals surface area (Å²) < 4.78 is 50.2. The lowest BCUT2D eigenvalue weighted by molar-refractivity contribution is -0.137. The van der Waals surface area contributed by atoms with Gasteiger partial charge in [0.2, 0.25) is 0 Å². The molecule has 2 aromatic heterocycles. The zero-order valence-electron chi connectivity index (χ0n) is 31.6. The molecule has 0 aliphatic carbocycles. The Kier molecular flexibility index (Phi) is 8.10. The minimum Gasteiger partial charge on any atom is -0.309 e. The lowest BCUT2D eigenvalue weighted by Gasteiger charge is -2.23. The van der Waals surface area contributed by atoms with Gasteiger partial charge in [-0.3, -0.25) is 0 Å². The molecule has 0 amide bonds. The predicted octanol–water partition coefficient (Wildman–Crippen LogP) is 14.4. The first-order valence-electron chi connectivity index (χ1n) is 19.1. The van der Waals surface area contributed by atoms with Crippen molar-refractivity contribution in [1.29, 1.82) is 5.26 Å². The van der Waals surface area contributed by atoms with Gasteiger partial charge in [-0.2, -0.15) is 18.4 Å². The number of fused-ring (bicyclic) bond motifs is 6. The van der Waals surface area contributed by atoms with E-state index < -0.39 is 11.7 Å². The highest BCUT2D eigenvalue weighted by Crippen LogP contribution is 2.46. The maximum absolute atomic E-state index is 15.4. The van der Waals surface area contributed by atoms with Gasteiger partial charge >= 0.3 is 6.18 Å². The van der Waals surface area contributed by atoms with Crippen molar-refractivity contribution < 1.29 is 13.2 Å². The Balaban J connectivity index is 1.35. The van der Waals surface area contributed by atoms with Gasteiger partial charge in [-0.15, -0.1) is 0 Å². The maximum atomic E-state index is 15.4. The van der Waals surface area contributed by atoms with E-state index in [-0.39, 0.29) is 0 Å². The third-order valence-electron chi connectivity index (χ3n) is 11.2. The largest absolute Gasteiger partial charge is 0.416 e. The zero-order chi connectivity index (χ0) is 39.7. The second kappa shape index (κ2) is 13.4. The van der Waals surface area contributed by atoms with Crippen LogP contribution < -0.4 is 0 Å². The molecule has 0 saturated heterocycles. The molecule has 0 aliphatic rings. The van der Waals surface area contributed by atoms with E-state index in [2.05, 4.69) is 68.4 Å². The number of rotatable bonds is 5. The molecule has 278 valence electrons. The molecule has 6 heteroatoms. The molecule has 0 spiro atoms. The fourth-order valence-electron chi connectivity index (χ4n) is 8.64. The topological polar surface area (TPSA) is 33.6 Å². The molecule has 0 unspecified atom stereocenters. The molecule has 10 rings (SSSR count). The van der Waals surface area contributed by atoms with Crippen molar-refractivity contribution in [3.8, 4) is 50.8 Å². The van der Waals surface area contributed by atoms with Gasteiger partial charge in [0, 0.05) is 27.1 Å². The van der Waals surface area contributed by atoms with E-state index in [1.807, 2.05) is 100 Å². The van der Waals surface area contributed by atoms with E-state index in [0.29, 0.717) is 28.1 Å². The third kappa shape index (κ3) is 5.74. The summed E-state index contributed by atoms with van der Waals surface area (Å²) in [6.07, 6.45) is -4.68. The number of hydrogen-bond donors (Lipinski definition) is 0. The SMILES string of the molecule is Cc1cccc(-c2ccc3c(c2)c2ccccc2n3-c2cc(C(F)(F)F)cc(-n3c4ccccc4c4cc(-c5cccc(C)c5)ccc43)c2-c2cccc(C#N)c2)c1. The van der Waals surface area contributed by atoms with Crippen LogP contribution in [0, 0.1) is 25.2 Å². The number of aryl methyl sites for hydroxylation is 2. The summed E-state index contributed by atoms with van der Waals surface area (Å²) in [5.41, 5.74) is 11.0. The van der Waals surface area contributed by atoms with Gasteiger partial charge in [-0.05, 0) is 102 Å². The average Bonchev–Trinajstić information content (AvgIpc) is 3.75. The Morgan fingerprint density at radius 1 is 0.431 bits per heavy atom. The second-order valence-electron chi connectivity index (χ2n) is 15.0. The van der Waals surface area contributed by atoms with Crippen LogP contribution in [0.1, 0.15) is 22.3 Å². The molecule has 0 bridgehead atoms. The summed E-state index contributed by atoms with van der Waals surface area (Å²) in [6, 6.07) is 56.6. The standard InChI is InChI=1S/C52H34F3N3/c1-32-10-7-13-35(24-32)37-20-22-47-43(27-37)41-16-3-5-18-45(41)57(47)49-29-40(52(53,54)55)30-50(51(49)39-15-9-12-34(26-39)31-56)58-46-19-6-4-17-42(46)44-28-38(21-23-48(44)58)36-14-8-11-33(2)25-36/h3-30H,1-2H3. The first-order valence-corrected chi connectivity index (χ1v) is 19.1.